The normalized spacial score (nSPS) is 19.3. The summed E-state index contributed by atoms with van der Waals surface area (Å²) in [7, 11) is 0. The van der Waals surface area contributed by atoms with E-state index in [1.807, 2.05) is 0 Å². The number of hydrogen-bond acceptors (Lipinski definition) is 4. The zero-order valence-corrected chi connectivity index (χ0v) is 15.2. The van der Waals surface area contributed by atoms with E-state index in [4.69, 9.17) is 0 Å². The number of aliphatic hydroxyl groups excluding tert-OH is 1. The summed E-state index contributed by atoms with van der Waals surface area (Å²) in [6, 6.07) is 10.0. The van der Waals surface area contributed by atoms with Crippen molar-refractivity contribution in [1.82, 2.24) is 0 Å². The first-order valence-electron chi connectivity index (χ1n) is 8.61. The van der Waals surface area contributed by atoms with E-state index in [9.17, 15) is 23.9 Å². The highest BCUT2D eigenvalue weighted by molar-refractivity contribution is 8.00. The maximum absolute atomic E-state index is 13.3. The SMILES string of the molecule is N#Cc1ccc(C(=O)Nc2ccc(F)c(F)c2)cc1SC1CCC(O)CC1. The van der Waals surface area contributed by atoms with Gasteiger partial charge in [0.25, 0.3) is 5.91 Å². The zero-order chi connectivity index (χ0) is 19.4. The number of hydrogen-bond donors (Lipinski definition) is 2. The third-order valence-corrected chi connectivity index (χ3v) is 5.88. The van der Waals surface area contributed by atoms with Crippen LogP contribution in [0, 0.1) is 23.0 Å². The fraction of sp³-hybridized carbons (Fsp3) is 0.300. The number of rotatable bonds is 4. The van der Waals surface area contributed by atoms with Crippen molar-refractivity contribution < 1.29 is 18.7 Å². The van der Waals surface area contributed by atoms with E-state index in [1.54, 1.807) is 12.1 Å². The van der Waals surface area contributed by atoms with Crippen molar-refractivity contribution in [3.63, 3.8) is 0 Å². The Bertz CT molecular complexity index is 890. The number of nitriles is 1. The molecule has 2 N–H and O–H groups in total. The number of amides is 1. The lowest BCUT2D eigenvalue weighted by Gasteiger charge is -2.25. The smallest absolute Gasteiger partial charge is 0.255 e. The Kier molecular flexibility index (Phi) is 6.09. The number of aliphatic hydroxyl groups is 1. The molecule has 0 aliphatic heterocycles. The molecule has 0 aromatic heterocycles. The molecule has 3 rings (SSSR count). The van der Waals surface area contributed by atoms with E-state index in [1.165, 1.54) is 23.9 Å². The lowest BCUT2D eigenvalue weighted by molar-refractivity contribution is 0.102. The lowest BCUT2D eigenvalue weighted by Crippen LogP contribution is -2.19. The average molecular weight is 388 g/mol. The number of benzene rings is 2. The molecule has 0 radical (unpaired) electrons. The Morgan fingerprint density at radius 2 is 1.85 bits per heavy atom. The Hall–Kier alpha value is -2.43. The molecule has 0 spiro atoms. The maximum Gasteiger partial charge on any atom is 0.255 e. The van der Waals surface area contributed by atoms with Crippen molar-refractivity contribution in [3.8, 4) is 6.07 Å². The van der Waals surface area contributed by atoms with Gasteiger partial charge < -0.3 is 10.4 Å². The molecule has 1 aliphatic carbocycles. The molecule has 0 atom stereocenters. The Morgan fingerprint density at radius 1 is 1.11 bits per heavy atom. The van der Waals surface area contributed by atoms with Crippen LogP contribution in [-0.2, 0) is 0 Å². The van der Waals surface area contributed by atoms with Crippen molar-refractivity contribution in [3.05, 3.63) is 59.2 Å². The highest BCUT2D eigenvalue weighted by Crippen LogP contribution is 2.35. The molecule has 1 fully saturated rings. The number of carbonyl (C=O) groups excluding carboxylic acids is 1. The molecule has 4 nitrogen and oxygen atoms in total. The number of nitrogens with one attached hydrogen (secondary N) is 1. The minimum atomic E-state index is -1.04. The van der Waals surface area contributed by atoms with E-state index in [2.05, 4.69) is 11.4 Å². The Labute approximate surface area is 160 Å². The molecule has 0 bridgehead atoms. The van der Waals surface area contributed by atoms with Gasteiger partial charge in [-0.1, -0.05) is 0 Å². The summed E-state index contributed by atoms with van der Waals surface area (Å²) in [5, 5.41) is 21.8. The van der Waals surface area contributed by atoms with Crippen molar-refractivity contribution in [1.29, 1.82) is 5.26 Å². The molecule has 2 aromatic rings. The molecule has 2 aromatic carbocycles. The van der Waals surface area contributed by atoms with Gasteiger partial charge in [-0.3, -0.25) is 4.79 Å². The van der Waals surface area contributed by atoms with Crippen LogP contribution in [0.3, 0.4) is 0 Å². The van der Waals surface area contributed by atoms with Crippen molar-refractivity contribution in [2.75, 3.05) is 5.32 Å². The van der Waals surface area contributed by atoms with Gasteiger partial charge >= 0.3 is 0 Å². The molecule has 1 aliphatic rings. The predicted molar refractivity (Wildman–Crippen MR) is 99.6 cm³/mol. The predicted octanol–water partition coefficient (Wildman–Crippen LogP) is 4.48. The van der Waals surface area contributed by atoms with Gasteiger partial charge in [0, 0.05) is 27.5 Å². The van der Waals surface area contributed by atoms with Crippen LogP contribution in [-0.4, -0.2) is 22.4 Å². The summed E-state index contributed by atoms with van der Waals surface area (Å²) in [6.45, 7) is 0. The number of nitrogens with zero attached hydrogens (tertiary/aromatic N) is 1. The van der Waals surface area contributed by atoms with E-state index in [0.717, 1.165) is 37.8 Å². The first-order chi connectivity index (χ1) is 13.0. The number of anilines is 1. The van der Waals surface area contributed by atoms with Crippen LogP contribution >= 0.6 is 11.8 Å². The summed E-state index contributed by atoms with van der Waals surface area (Å²) in [4.78, 5) is 13.2. The quantitative estimate of drug-likeness (QED) is 0.810. The molecule has 0 saturated heterocycles. The summed E-state index contributed by atoms with van der Waals surface area (Å²) >= 11 is 1.54. The topological polar surface area (TPSA) is 73.1 Å². The average Bonchev–Trinajstić information content (AvgIpc) is 2.66. The van der Waals surface area contributed by atoms with Gasteiger partial charge in [0.1, 0.15) is 6.07 Å². The largest absolute Gasteiger partial charge is 0.393 e. The van der Waals surface area contributed by atoms with Crippen LogP contribution in [0.25, 0.3) is 0 Å². The summed E-state index contributed by atoms with van der Waals surface area (Å²) in [5.41, 5.74) is 0.964. The van der Waals surface area contributed by atoms with E-state index in [-0.39, 0.29) is 17.0 Å². The van der Waals surface area contributed by atoms with Crippen molar-refractivity contribution >= 4 is 23.4 Å². The monoisotopic (exact) mass is 388 g/mol. The first kappa shape index (κ1) is 19.3. The van der Waals surface area contributed by atoms with Crippen LogP contribution in [0.1, 0.15) is 41.6 Å². The minimum absolute atomic E-state index is 0.152. The van der Waals surface area contributed by atoms with Gasteiger partial charge in [0.2, 0.25) is 0 Å². The van der Waals surface area contributed by atoms with Crippen LogP contribution in [0.15, 0.2) is 41.3 Å². The second-order valence-electron chi connectivity index (χ2n) is 6.45. The molecule has 140 valence electrons. The summed E-state index contributed by atoms with van der Waals surface area (Å²) in [5.74, 6) is -2.49. The lowest BCUT2D eigenvalue weighted by atomic mass is 9.97. The van der Waals surface area contributed by atoms with Gasteiger partial charge in [0.15, 0.2) is 11.6 Å². The third-order valence-electron chi connectivity index (χ3n) is 4.48. The number of halogens is 2. The number of carbonyl (C=O) groups is 1. The van der Waals surface area contributed by atoms with E-state index < -0.39 is 17.5 Å². The molecular weight excluding hydrogens is 370 g/mol. The third kappa shape index (κ3) is 4.85. The summed E-state index contributed by atoms with van der Waals surface area (Å²) < 4.78 is 26.3. The number of thioether (sulfide) groups is 1. The molecule has 0 heterocycles. The van der Waals surface area contributed by atoms with E-state index in [0.29, 0.717) is 16.0 Å². The fourth-order valence-corrected chi connectivity index (χ4v) is 4.28. The molecule has 1 amide bonds. The van der Waals surface area contributed by atoms with Gasteiger partial charge in [-0.05, 0) is 56.0 Å². The molecular formula is C20H18F2N2O2S. The Balaban J connectivity index is 1.76. The van der Waals surface area contributed by atoms with Crippen LogP contribution < -0.4 is 5.32 Å². The van der Waals surface area contributed by atoms with Gasteiger partial charge in [-0.2, -0.15) is 5.26 Å². The second-order valence-corrected chi connectivity index (χ2v) is 7.80. The maximum atomic E-state index is 13.3. The minimum Gasteiger partial charge on any atom is -0.393 e. The Morgan fingerprint density at radius 3 is 2.52 bits per heavy atom. The van der Waals surface area contributed by atoms with E-state index >= 15 is 0 Å². The highest BCUT2D eigenvalue weighted by atomic mass is 32.2. The van der Waals surface area contributed by atoms with Crippen molar-refractivity contribution in [2.45, 2.75) is 41.9 Å². The highest BCUT2D eigenvalue weighted by Gasteiger charge is 2.22. The second kappa shape index (κ2) is 8.51. The zero-order valence-electron chi connectivity index (χ0n) is 14.4. The van der Waals surface area contributed by atoms with Crippen LogP contribution in [0.2, 0.25) is 0 Å². The fourth-order valence-electron chi connectivity index (χ4n) is 2.97. The van der Waals surface area contributed by atoms with Gasteiger partial charge in [0.05, 0.1) is 11.7 Å². The first-order valence-corrected chi connectivity index (χ1v) is 9.49. The van der Waals surface area contributed by atoms with Crippen LogP contribution in [0.4, 0.5) is 14.5 Å². The summed E-state index contributed by atoms with van der Waals surface area (Å²) in [6.07, 6.45) is 2.90. The van der Waals surface area contributed by atoms with Gasteiger partial charge in [-0.15, -0.1) is 11.8 Å². The molecule has 27 heavy (non-hydrogen) atoms. The molecule has 7 heteroatoms. The van der Waals surface area contributed by atoms with Crippen molar-refractivity contribution in [2.24, 2.45) is 0 Å². The molecule has 1 saturated carbocycles. The van der Waals surface area contributed by atoms with Gasteiger partial charge in [-0.25, -0.2) is 8.78 Å². The standard InChI is InChI=1S/C20H18F2N2O2S/c21-17-8-3-14(10-18(17)22)24-20(26)12-1-2-13(11-23)19(9-12)27-16-6-4-15(25)5-7-16/h1-3,8-10,15-16,25H,4-7H2,(H,24,26). The van der Waals surface area contributed by atoms with Crippen LogP contribution in [0.5, 0.6) is 0 Å². The molecule has 0 unspecified atom stereocenters.